The van der Waals surface area contributed by atoms with Gasteiger partial charge in [0.05, 0.1) is 18.1 Å². The number of nitrogens with zero attached hydrogens (tertiary/aromatic N) is 2. The molecule has 16 heavy (non-hydrogen) atoms. The topological polar surface area (TPSA) is 68.0 Å². The molecule has 0 unspecified atom stereocenters. The van der Waals surface area contributed by atoms with Gasteiger partial charge in [-0.2, -0.15) is 0 Å². The highest BCUT2D eigenvalue weighted by atomic mass is 35.5. The van der Waals surface area contributed by atoms with Crippen molar-refractivity contribution in [1.29, 1.82) is 0 Å². The van der Waals surface area contributed by atoms with Crippen LogP contribution in [0.25, 0.3) is 0 Å². The molecule has 0 atom stereocenters. The molecular weight excluding hydrogens is 230 g/mol. The van der Waals surface area contributed by atoms with Gasteiger partial charge in [0.2, 0.25) is 0 Å². The van der Waals surface area contributed by atoms with Crippen molar-refractivity contribution in [3.8, 4) is 0 Å². The number of pyridine rings is 1. The lowest BCUT2D eigenvalue weighted by Gasteiger charge is -2.02. The lowest BCUT2D eigenvalue weighted by atomic mass is 10.2. The second-order valence-corrected chi connectivity index (χ2v) is 3.51. The average molecular weight is 238 g/mol. The third-order valence-corrected chi connectivity index (χ3v) is 2.20. The number of amides is 1. The summed E-state index contributed by atoms with van der Waals surface area (Å²) >= 11 is 5.62. The number of aromatic nitrogens is 2. The van der Waals surface area contributed by atoms with Crippen molar-refractivity contribution < 1.29 is 9.32 Å². The molecule has 0 saturated carbocycles. The summed E-state index contributed by atoms with van der Waals surface area (Å²) < 4.78 is 4.79. The first kappa shape index (κ1) is 10.6. The van der Waals surface area contributed by atoms with Crippen molar-refractivity contribution in [2.75, 3.05) is 5.32 Å². The van der Waals surface area contributed by atoms with Crippen molar-refractivity contribution >= 4 is 23.2 Å². The Kier molecular flexibility index (Phi) is 2.87. The summed E-state index contributed by atoms with van der Waals surface area (Å²) in [6.45, 7) is 1.67. The minimum Gasteiger partial charge on any atom is -0.361 e. The standard InChI is InChI=1S/C10H8ClN3O2/c1-6-8(5-13-16-6)10(15)14-7-2-3-9(11)12-4-7/h2-5H,1H3,(H,14,15). The molecule has 2 rings (SSSR count). The molecule has 0 fully saturated rings. The number of hydrogen-bond acceptors (Lipinski definition) is 4. The molecule has 0 aliphatic carbocycles. The Morgan fingerprint density at radius 1 is 1.44 bits per heavy atom. The van der Waals surface area contributed by atoms with E-state index in [0.29, 0.717) is 22.2 Å². The zero-order valence-electron chi connectivity index (χ0n) is 8.40. The minimum absolute atomic E-state index is 0.289. The molecule has 6 heteroatoms. The third kappa shape index (κ3) is 2.20. The maximum Gasteiger partial charge on any atom is 0.260 e. The fourth-order valence-electron chi connectivity index (χ4n) is 1.16. The Labute approximate surface area is 96.4 Å². The van der Waals surface area contributed by atoms with Gasteiger partial charge in [0.25, 0.3) is 5.91 Å². The van der Waals surface area contributed by atoms with E-state index < -0.39 is 0 Å². The van der Waals surface area contributed by atoms with Crippen LogP contribution in [0.3, 0.4) is 0 Å². The number of anilines is 1. The fraction of sp³-hybridized carbons (Fsp3) is 0.100. The second kappa shape index (κ2) is 4.32. The van der Waals surface area contributed by atoms with Crippen LogP contribution in [0.15, 0.2) is 29.0 Å². The van der Waals surface area contributed by atoms with E-state index in [2.05, 4.69) is 15.5 Å². The van der Waals surface area contributed by atoms with E-state index in [1.54, 1.807) is 19.1 Å². The largest absolute Gasteiger partial charge is 0.361 e. The molecule has 2 aromatic heterocycles. The number of hydrogen-bond donors (Lipinski definition) is 1. The van der Waals surface area contributed by atoms with Gasteiger partial charge in [-0.1, -0.05) is 16.8 Å². The van der Waals surface area contributed by atoms with Crippen LogP contribution in [0.1, 0.15) is 16.1 Å². The van der Waals surface area contributed by atoms with Gasteiger partial charge in [-0.15, -0.1) is 0 Å². The van der Waals surface area contributed by atoms with E-state index in [1.165, 1.54) is 12.4 Å². The average Bonchev–Trinajstić information content (AvgIpc) is 2.68. The predicted octanol–water partition coefficient (Wildman–Crippen LogP) is 2.28. The van der Waals surface area contributed by atoms with E-state index in [9.17, 15) is 4.79 Å². The highest BCUT2D eigenvalue weighted by Gasteiger charge is 2.12. The molecular formula is C10H8ClN3O2. The first-order valence-corrected chi connectivity index (χ1v) is 4.89. The van der Waals surface area contributed by atoms with Gasteiger partial charge >= 0.3 is 0 Å². The van der Waals surface area contributed by atoms with Gasteiger partial charge in [-0.25, -0.2) is 4.98 Å². The normalized spacial score (nSPS) is 10.1. The Morgan fingerprint density at radius 2 is 2.25 bits per heavy atom. The van der Waals surface area contributed by atoms with Gasteiger partial charge in [0.1, 0.15) is 16.5 Å². The summed E-state index contributed by atoms with van der Waals surface area (Å²) in [5, 5.41) is 6.55. The quantitative estimate of drug-likeness (QED) is 0.814. The van der Waals surface area contributed by atoms with Crippen molar-refractivity contribution in [3.05, 3.63) is 41.0 Å². The van der Waals surface area contributed by atoms with Crippen molar-refractivity contribution in [2.24, 2.45) is 0 Å². The summed E-state index contributed by atoms with van der Waals surface area (Å²) in [7, 11) is 0. The minimum atomic E-state index is -0.289. The molecule has 0 bridgehead atoms. The van der Waals surface area contributed by atoms with Crippen LogP contribution in [0.4, 0.5) is 5.69 Å². The summed E-state index contributed by atoms with van der Waals surface area (Å²) in [5.74, 6) is 0.183. The molecule has 2 aromatic rings. The van der Waals surface area contributed by atoms with Crippen LogP contribution in [0.5, 0.6) is 0 Å². The van der Waals surface area contributed by atoms with Gasteiger partial charge in [0.15, 0.2) is 0 Å². The molecule has 0 aliphatic rings. The van der Waals surface area contributed by atoms with Crippen LogP contribution >= 0.6 is 11.6 Å². The monoisotopic (exact) mass is 237 g/mol. The second-order valence-electron chi connectivity index (χ2n) is 3.12. The van der Waals surface area contributed by atoms with Crippen LogP contribution in [0, 0.1) is 6.92 Å². The maximum absolute atomic E-state index is 11.7. The molecule has 0 aromatic carbocycles. The number of rotatable bonds is 2. The van der Waals surface area contributed by atoms with Gasteiger partial charge < -0.3 is 9.84 Å². The van der Waals surface area contributed by atoms with Gasteiger partial charge in [-0.3, -0.25) is 4.79 Å². The molecule has 2 heterocycles. The summed E-state index contributed by atoms with van der Waals surface area (Å²) in [5.41, 5.74) is 0.963. The Morgan fingerprint density at radius 3 is 2.81 bits per heavy atom. The molecule has 1 N–H and O–H groups in total. The molecule has 1 amide bonds. The first-order chi connectivity index (χ1) is 7.66. The zero-order chi connectivity index (χ0) is 11.5. The van der Waals surface area contributed by atoms with Gasteiger partial charge in [0, 0.05) is 0 Å². The van der Waals surface area contributed by atoms with Crippen LogP contribution in [-0.4, -0.2) is 16.0 Å². The Hall–Kier alpha value is -1.88. The van der Waals surface area contributed by atoms with Crippen LogP contribution < -0.4 is 5.32 Å². The number of carbonyl (C=O) groups is 1. The summed E-state index contributed by atoms with van der Waals surface area (Å²) in [4.78, 5) is 15.6. The molecule has 82 valence electrons. The van der Waals surface area contributed by atoms with E-state index in [1.807, 2.05) is 0 Å². The van der Waals surface area contributed by atoms with Crippen molar-refractivity contribution in [1.82, 2.24) is 10.1 Å². The third-order valence-electron chi connectivity index (χ3n) is 1.98. The highest BCUT2D eigenvalue weighted by molar-refractivity contribution is 6.29. The summed E-state index contributed by atoms with van der Waals surface area (Å²) in [6, 6.07) is 3.26. The number of nitrogens with one attached hydrogen (secondary N) is 1. The van der Waals surface area contributed by atoms with Crippen LogP contribution in [-0.2, 0) is 0 Å². The molecule has 0 aliphatic heterocycles. The van der Waals surface area contributed by atoms with Crippen molar-refractivity contribution in [2.45, 2.75) is 6.92 Å². The SMILES string of the molecule is Cc1oncc1C(=O)Nc1ccc(Cl)nc1. The zero-order valence-corrected chi connectivity index (χ0v) is 9.15. The van der Waals surface area contributed by atoms with E-state index in [4.69, 9.17) is 16.1 Å². The van der Waals surface area contributed by atoms with E-state index in [0.717, 1.165) is 0 Å². The smallest absolute Gasteiger partial charge is 0.260 e. The first-order valence-electron chi connectivity index (χ1n) is 4.51. The predicted molar refractivity (Wildman–Crippen MR) is 58.4 cm³/mol. The number of carbonyl (C=O) groups excluding carboxylic acids is 1. The van der Waals surface area contributed by atoms with Crippen LogP contribution in [0.2, 0.25) is 5.15 Å². The van der Waals surface area contributed by atoms with E-state index in [-0.39, 0.29) is 5.91 Å². The van der Waals surface area contributed by atoms with Gasteiger partial charge in [-0.05, 0) is 19.1 Å². The Balaban J connectivity index is 2.14. The fourth-order valence-corrected chi connectivity index (χ4v) is 1.28. The number of halogens is 1. The highest BCUT2D eigenvalue weighted by Crippen LogP contribution is 2.12. The lowest BCUT2D eigenvalue weighted by molar-refractivity contribution is 0.102. The molecule has 0 saturated heterocycles. The molecule has 0 radical (unpaired) electrons. The van der Waals surface area contributed by atoms with E-state index >= 15 is 0 Å². The lowest BCUT2D eigenvalue weighted by Crippen LogP contribution is -2.12. The molecule has 0 spiro atoms. The molecule has 5 nitrogen and oxygen atoms in total. The van der Waals surface area contributed by atoms with Crippen molar-refractivity contribution in [3.63, 3.8) is 0 Å². The maximum atomic E-state index is 11.7. The Bertz CT molecular complexity index is 507. The summed E-state index contributed by atoms with van der Waals surface area (Å²) in [6.07, 6.45) is 2.84. The number of aryl methyl sites for hydroxylation is 1.